The molecule has 0 saturated heterocycles. The molecule has 21 heavy (non-hydrogen) atoms. The van der Waals surface area contributed by atoms with Gasteiger partial charge in [0, 0.05) is 6.04 Å². The van der Waals surface area contributed by atoms with Crippen LogP contribution in [0.2, 0.25) is 0 Å². The highest BCUT2D eigenvalue weighted by Gasteiger charge is 2.43. The van der Waals surface area contributed by atoms with Crippen molar-refractivity contribution in [3.8, 4) is 0 Å². The van der Waals surface area contributed by atoms with E-state index in [1.54, 1.807) is 0 Å². The smallest absolute Gasteiger partial charge is 0.353 e. The number of aromatic amines is 1. The molecule has 2 aliphatic rings. The summed E-state index contributed by atoms with van der Waals surface area (Å²) < 4.78 is 0. The molecule has 1 aromatic heterocycles. The van der Waals surface area contributed by atoms with Crippen molar-refractivity contribution >= 4 is 12.0 Å². The van der Waals surface area contributed by atoms with Gasteiger partial charge in [-0.2, -0.15) is 0 Å². The quantitative estimate of drug-likeness (QED) is 0.677. The zero-order valence-electron chi connectivity index (χ0n) is 11.8. The van der Waals surface area contributed by atoms with Gasteiger partial charge in [-0.15, -0.1) is 0 Å². The normalized spacial score (nSPS) is 20.8. The lowest BCUT2D eigenvalue weighted by molar-refractivity contribution is 0.0690. The van der Waals surface area contributed by atoms with Crippen LogP contribution in [0.4, 0.5) is 4.79 Å². The second-order valence-corrected chi connectivity index (χ2v) is 5.97. The molecule has 0 atom stereocenters. The van der Waals surface area contributed by atoms with E-state index in [1.165, 1.54) is 6.20 Å². The standard InChI is InChI=1S/C14H20N4O3/c19-11(20)10-8-15-12(17-10)14(6-3-7-14)18-13(21)16-9-4-1-2-5-9/h8-9H,1-7H2,(H,15,17)(H,19,20)(H2,16,18,21). The van der Waals surface area contributed by atoms with Crippen LogP contribution < -0.4 is 10.6 Å². The molecular weight excluding hydrogens is 272 g/mol. The van der Waals surface area contributed by atoms with Gasteiger partial charge in [0.25, 0.3) is 0 Å². The molecule has 0 aromatic carbocycles. The molecule has 3 rings (SSSR count). The van der Waals surface area contributed by atoms with Crippen molar-refractivity contribution < 1.29 is 14.7 Å². The molecule has 4 N–H and O–H groups in total. The first-order valence-corrected chi connectivity index (χ1v) is 7.46. The summed E-state index contributed by atoms with van der Waals surface area (Å²) >= 11 is 0. The molecule has 0 radical (unpaired) electrons. The molecule has 1 aromatic rings. The third-order valence-corrected chi connectivity index (χ3v) is 4.51. The Morgan fingerprint density at radius 2 is 2.00 bits per heavy atom. The van der Waals surface area contributed by atoms with E-state index in [2.05, 4.69) is 20.6 Å². The fourth-order valence-corrected chi connectivity index (χ4v) is 3.13. The maximum Gasteiger partial charge on any atom is 0.353 e. The largest absolute Gasteiger partial charge is 0.477 e. The van der Waals surface area contributed by atoms with Crippen molar-refractivity contribution in [2.24, 2.45) is 0 Å². The Balaban J connectivity index is 1.67. The highest BCUT2D eigenvalue weighted by molar-refractivity contribution is 5.85. The van der Waals surface area contributed by atoms with Crippen LogP contribution in [0.15, 0.2) is 6.20 Å². The summed E-state index contributed by atoms with van der Waals surface area (Å²) in [5, 5.41) is 14.9. The van der Waals surface area contributed by atoms with Gasteiger partial charge < -0.3 is 20.7 Å². The maximum absolute atomic E-state index is 12.1. The predicted molar refractivity (Wildman–Crippen MR) is 75.0 cm³/mol. The highest BCUT2D eigenvalue weighted by atomic mass is 16.4. The molecule has 7 nitrogen and oxygen atoms in total. The Hall–Kier alpha value is -2.05. The van der Waals surface area contributed by atoms with Crippen LogP contribution in [0.5, 0.6) is 0 Å². The van der Waals surface area contributed by atoms with Gasteiger partial charge in [0.15, 0.2) is 0 Å². The van der Waals surface area contributed by atoms with Gasteiger partial charge in [0.05, 0.1) is 11.7 Å². The summed E-state index contributed by atoms with van der Waals surface area (Å²) in [7, 11) is 0. The first kappa shape index (κ1) is 13.9. The zero-order chi connectivity index (χ0) is 14.9. The average molecular weight is 292 g/mol. The molecule has 2 amide bonds. The number of hydrogen-bond donors (Lipinski definition) is 4. The molecule has 0 aliphatic heterocycles. The number of carboxylic acid groups (broad SMARTS) is 1. The fourth-order valence-electron chi connectivity index (χ4n) is 3.13. The SMILES string of the molecule is O=C(NC1CCCC1)NC1(c2ncc(C(=O)O)[nH]2)CCC1. The summed E-state index contributed by atoms with van der Waals surface area (Å²) in [4.78, 5) is 30.0. The molecule has 2 saturated carbocycles. The molecule has 0 spiro atoms. The maximum atomic E-state index is 12.1. The van der Waals surface area contributed by atoms with Gasteiger partial charge in [0.2, 0.25) is 0 Å². The van der Waals surface area contributed by atoms with E-state index < -0.39 is 11.5 Å². The van der Waals surface area contributed by atoms with Gasteiger partial charge in [-0.05, 0) is 32.1 Å². The Kier molecular flexibility index (Phi) is 3.57. The van der Waals surface area contributed by atoms with Crippen molar-refractivity contribution in [3.05, 3.63) is 17.7 Å². The van der Waals surface area contributed by atoms with Crippen LogP contribution in [-0.2, 0) is 5.54 Å². The van der Waals surface area contributed by atoms with Gasteiger partial charge in [0.1, 0.15) is 11.5 Å². The third-order valence-electron chi connectivity index (χ3n) is 4.51. The summed E-state index contributed by atoms with van der Waals surface area (Å²) in [6.07, 6.45) is 8.23. The number of nitrogens with zero attached hydrogens (tertiary/aromatic N) is 1. The van der Waals surface area contributed by atoms with Gasteiger partial charge >= 0.3 is 12.0 Å². The number of hydrogen-bond acceptors (Lipinski definition) is 3. The van der Waals surface area contributed by atoms with Gasteiger partial charge in [-0.1, -0.05) is 12.8 Å². The van der Waals surface area contributed by atoms with Crippen molar-refractivity contribution in [2.45, 2.75) is 56.5 Å². The summed E-state index contributed by atoms with van der Waals surface area (Å²) in [6.45, 7) is 0. The van der Waals surface area contributed by atoms with E-state index in [1.807, 2.05) is 0 Å². The number of amides is 2. The second-order valence-electron chi connectivity index (χ2n) is 5.97. The molecule has 0 bridgehead atoms. The van der Waals surface area contributed by atoms with Crippen LogP contribution in [0.1, 0.15) is 61.3 Å². The number of H-pyrrole nitrogens is 1. The van der Waals surface area contributed by atoms with Crippen molar-refractivity contribution in [1.29, 1.82) is 0 Å². The van der Waals surface area contributed by atoms with Crippen LogP contribution in [0.3, 0.4) is 0 Å². The Bertz CT molecular complexity index is 544. The number of aromatic carboxylic acids is 1. The minimum Gasteiger partial charge on any atom is -0.477 e. The molecular formula is C14H20N4O3. The predicted octanol–water partition coefficient (Wildman–Crippen LogP) is 1.73. The summed E-state index contributed by atoms with van der Waals surface area (Å²) in [5.74, 6) is -0.508. The van der Waals surface area contributed by atoms with E-state index in [4.69, 9.17) is 5.11 Å². The number of aromatic nitrogens is 2. The van der Waals surface area contributed by atoms with Crippen molar-refractivity contribution in [1.82, 2.24) is 20.6 Å². The zero-order valence-corrected chi connectivity index (χ0v) is 11.8. The summed E-state index contributed by atoms with van der Waals surface area (Å²) in [5.41, 5.74) is -0.495. The van der Waals surface area contributed by atoms with Crippen molar-refractivity contribution in [3.63, 3.8) is 0 Å². The minimum absolute atomic E-state index is 0.0503. The number of carboxylic acids is 1. The number of imidazole rings is 1. The van der Waals surface area contributed by atoms with E-state index in [-0.39, 0.29) is 17.8 Å². The van der Waals surface area contributed by atoms with E-state index >= 15 is 0 Å². The third kappa shape index (κ3) is 2.72. The van der Waals surface area contributed by atoms with Gasteiger partial charge in [-0.25, -0.2) is 14.6 Å². The molecule has 0 unspecified atom stereocenters. The van der Waals surface area contributed by atoms with E-state index in [9.17, 15) is 9.59 Å². The van der Waals surface area contributed by atoms with Crippen LogP contribution >= 0.6 is 0 Å². The fraction of sp³-hybridized carbons (Fsp3) is 0.643. The average Bonchev–Trinajstić information content (AvgIpc) is 3.04. The highest BCUT2D eigenvalue weighted by Crippen LogP contribution is 2.39. The topological polar surface area (TPSA) is 107 Å². The molecule has 2 fully saturated rings. The minimum atomic E-state index is -1.04. The molecule has 1 heterocycles. The molecule has 2 aliphatic carbocycles. The molecule has 7 heteroatoms. The lowest BCUT2D eigenvalue weighted by Gasteiger charge is -2.40. The number of nitrogens with one attached hydrogen (secondary N) is 3. The lowest BCUT2D eigenvalue weighted by Crippen LogP contribution is -2.55. The lowest BCUT2D eigenvalue weighted by atomic mass is 9.76. The Labute approximate surface area is 122 Å². The first-order chi connectivity index (χ1) is 10.1. The number of urea groups is 1. The Morgan fingerprint density at radius 1 is 1.29 bits per heavy atom. The van der Waals surface area contributed by atoms with Gasteiger partial charge in [-0.3, -0.25) is 0 Å². The monoisotopic (exact) mass is 292 g/mol. The van der Waals surface area contributed by atoms with Crippen LogP contribution in [0, 0.1) is 0 Å². The number of carbonyl (C=O) groups is 2. The van der Waals surface area contributed by atoms with E-state index in [0.717, 1.165) is 44.9 Å². The van der Waals surface area contributed by atoms with Crippen LogP contribution in [0.25, 0.3) is 0 Å². The van der Waals surface area contributed by atoms with Crippen LogP contribution in [-0.4, -0.2) is 33.1 Å². The van der Waals surface area contributed by atoms with E-state index in [0.29, 0.717) is 5.82 Å². The van der Waals surface area contributed by atoms with Crippen molar-refractivity contribution in [2.75, 3.05) is 0 Å². The second kappa shape index (κ2) is 5.38. The number of rotatable bonds is 4. The Morgan fingerprint density at radius 3 is 2.52 bits per heavy atom. The first-order valence-electron chi connectivity index (χ1n) is 7.46. The number of carbonyl (C=O) groups excluding carboxylic acids is 1. The molecule has 114 valence electrons. The summed E-state index contributed by atoms with van der Waals surface area (Å²) in [6, 6.07) is 0.0724.